The number of hydrogen-bond acceptors (Lipinski definition) is 4. The molecule has 1 fully saturated rings. The lowest BCUT2D eigenvalue weighted by Crippen LogP contribution is -2.45. The Kier molecular flexibility index (Phi) is 7.92. The molecule has 2 aromatic rings. The number of benzene rings is 2. The normalized spacial score (nSPS) is 15.3. The highest BCUT2D eigenvalue weighted by molar-refractivity contribution is 7.89. The van der Waals surface area contributed by atoms with E-state index in [2.05, 4.69) is 10.6 Å². The molecule has 8 heteroatoms. The molecule has 1 aliphatic heterocycles. The SMILES string of the molecule is Cc1cc(C)c(C)c(S(=O)(=O)N2CCC(C(=O)NCC(=O)NCc3ccccc3)CC2)c1C. The van der Waals surface area contributed by atoms with Gasteiger partial charge in [0.1, 0.15) is 0 Å². The molecule has 1 saturated heterocycles. The van der Waals surface area contributed by atoms with Crippen molar-refractivity contribution in [1.29, 1.82) is 0 Å². The first-order chi connectivity index (χ1) is 15.6. The van der Waals surface area contributed by atoms with Gasteiger partial charge in [0.15, 0.2) is 0 Å². The Labute approximate surface area is 196 Å². The van der Waals surface area contributed by atoms with Crippen molar-refractivity contribution in [1.82, 2.24) is 14.9 Å². The van der Waals surface area contributed by atoms with E-state index in [0.717, 1.165) is 27.8 Å². The van der Waals surface area contributed by atoms with Crippen molar-refractivity contribution in [3.63, 3.8) is 0 Å². The number of nitrogens with zero attached hydrogens (tertiary/aromatic N) is 1. The van der Waals surface area contributed by atoms with Gasteiger partial charge in [-0.1, -0.05) is 36.4 Å². The maximum absolute atomic E-state index is 13.4. The maximum atomic E-state index is 13.4. The van der Waals surface area contributed by atoms with Crippen LogP contribution in [0.1, 0.15) is 40.7 Å². The largest absolute Gasteiger partial charge is 0.350 e. The molecule has 1 heterocycles. The second-order valence-corrected chi connectivity index (χ2v) is 10.6. The molecule has 2 aromatic carbocycles. The van der Waals surface area contributed by atoms with Crippen molar-refractivity contribution >= 4 is 21.8 Å². The average molecular weight is 472 g/mol. The fraction of sp³-hybridized carbons (Fsp3) is 0.440. The Bertz CT molecular complexity index is 1100. The summed E-state index contributed by atoms with van der Waals surface area (Å²) in [5, 5.41) is 5.47. The number of piperidine rings is 1. The van der Waals surface area contributed by atoms with Gasteiger partial charge >= 0.3 is 0 Å². The van der Waals surface area contributed by atoms with Gasteiger partial charge in [-0.15, -0.1) is 0 Å². The van der Waals surface area contributed by atoms with Crippen LogP contribution in [0.3, 0.4) is 0 Å². The second-order valence-electron chi connectivity index (χ2n) is 8.75. The number of carbonyl (C=O) groups is 2. The molecule has 178 valence electrons. The molecule has 0 saturated carbocycles. The lowest BCUT2D eigenvalue weighted by molar-refractivity contribution is -0.129. The van der Waals surface area contributed by atoms with Crippen LogP contribution in [0.4, 0.5) is 0 Å². The first-order valence-electron chi connectivity index (χ1n) is 11.3. The third-order valence-electron chi connectivity index (χ3n) is 6.48. The fourth-order valence-electron chi connectivity index (χ4n) is 4.23. The van der Waals surface area contributed by atoms with Crippen LogP contribution >= 0.6 is 0 Å². The van der Waals surface area contributed by atoms with Crippen LogP contribution < -0.4 is 10.6 Å². The Morgan fingerprint density at radius 3 is 2.09 bits per heavy atom. The van der Waals surface area contributed by atoms with Gasteiger partial charge in [0, 0.05) is 25.6 Å². The zero-order valence-electron chi connectivity index (χ0n) is 19.8. The van der Waals surface area contributed by atoms with Crippen molar-refractivity contribution in [2.45, 2.75) is 52.0 Å². The van der Waals surface area contributed by atoms with E-state index >= 15 is 0 Å². The van der Waals surface area contributed by atoms with Crippen molar-refractivity contribution in [3.8, 4) is 0 Å². The van der Waals surface area contributed by atoms with E-state index in [0.29, 0.717) is 24.3 Å². The second kappa shape index (κ2) is 10.5. The monoisotopic (exact) mass is 471 g/mol. The molecule has 0 radical (unpaired) electrons. The summed E-state index contributed by atoms with van der Waals surface area (Å²) in [6, 6.07) is 11.6. The number of nitrogens with one attached hydrogen (secondary N) is 2. The maximum Gasteiger partial charge on any atom is 0.243 e. The van der Waals surface area contributed by atoms with Gasteiger partial charge in [0.05, 0.1) is 11.4 Å². The first kappa shape index (κ1) is 24.9. The van der Waals surface area contributed by atoms with E-state index in [1.165, 1.54) is 4.31 Å². The summed E-state index contributed by atoms with van der Waals surface area (Å²) < 4.78 is 28.3. The average Bonchev–Trinajstić information content (AvgIpc) is 2.80. The third-order valence-corrected chi connectivity index (χ3v) is 8.65. The van der Waals surface area contributed by atoms with Gasteiger partial charge in [-0.3, -0.25) is 9.59 Å². The summed E-state index contributed by atoms with van der Waals surface area (Å²) in [5.74, 6) is -0.770. The zero-order chi connectivity index (χ0) is 24.2. The molecular weight excluding hydrogens is 438 g/mol. The molecule has 2 amide bonds. The van der Waals surface area contributed by atoms with Crippen molar-refractivity contribution < 1.29 is 18.0 Å². The summed E-state index contributed by atoms with van der Waals surface area (Å²) in [4.78, 5) is 25.0. The minimum atomic E-state index is -3.64. The zero-order valence-corrected chi connectivity index (χ0v) is 20.6. The number of aryl methyl sites for hydroxylation is 2. The van der Waals surface area contributed by atoms with Crippen molar-refractivity contribution in [2.24, 2.45) is 5.92 Å². The van der Waals surface area contributed by atoms with Gasteiger partial charge in [0.25, 0.3) is 0 Å². The Hall–Kier alpha value is -2.71. The van der Waals surface area contributed by atoms with Crippen LogP contribution in [0.5, 0.6) is 0 Å². The van der Waals surface area contributed by atoms with Crippen LogP contribution in [0.2, 0.25) is 0 Å². The highest BCUT2D eigenvalue weighted by Gasteiger charge is 2.34. The molecule has 33 heavy (non-hydrogen) atoms. The summed E-state index contributed by atoms with van der Waals surface area (Å²) in [7, 11) is -3.64. The van der Waals surface area contributed by atoms with Crippen LogP contribution in [-0.4, -0.2) is 44.2 Å². The third kappa shape index (κ3) is 5.81. The topological polar surface area (TPSA) is 95.6 Å². The van der Waals surface area contributed by atoms with E-state index in [9.17, 15) is 18.0 Å². The molecule has 7 nitrogen and oxygen atoms in total. The summed E-state index contributed by atoms with van der Waals surface area (Å²) in [6.07, 6.45) is 0.860. The lowest BCUT2D eigenvalue weighted by Gasteiger charge is -2.31. The lowest BCUT2D eigenvalue weighted by atomic mass is 9.97. The molecule has 0 bridgehead atoms. The number of hydrogen-bond donors (Lipinski definition) is 2. The van der Waals surface area contributed by atoms with E-state index in [1.807, 2.05) is 64.1 Å². The van der Waals surface area contributed by atoms with Gasteiger partial charge in [-0.2, -0.15) is 4.31 Å². The van der Waals surface area contributed by atoms with Gasteiger partial charge in [-0.05, 0) is 68.4 Å². The molecule has 1 aliphatic rings. The molecule has 0 unspecified atom stereocenters. The van der Waals surface area contributed by atoms with Crippen LogP contribution in [0.25, 0.3) is 0 Å². The minimum Gasteiger partial charge on any atom is -0.350 e. The number of amides is 2. The molecule has 0 aromatic heterocycles. The van der Waals surface area contributed by atoms with Crippen molar-refractivity contribution in [3.05, 3.63) is 64.2 Å². The fourth-order valence-corrected chi connectivity index (χ4v) is 6.27. The molecule has 0 aliphatic carbocycles. The summed E-state index contributed by atoms with van der Waals surface area (Å²) in [5.41, 5.74) is 4.45. The predicted molar refractivity (Wildman–Crippen MR) is 128 cm³/mol. The van der Waals surface area contributed by atoms with Crippen LogP contribution in [0.15, 0.2) is 41.3 Å². The summed E-state index contributed by atoms with van der Waals surface area (Å²) >= 11 is 0. The molecule has 3 rings (SSSR count). The Balaban J connectivity index is 1.53. The molecule has 0 spiro atoms. The van der Waals surface area contributed by atoms with E-state index in [4.69, 9.17) is 0 Å². The van der Waals surface area contributed by atoms with E-state index < -0.39 is 10.0 Å². The molecule has 0 atom stereocenters. The van der Waals surface area contributed by atoms with Crippen LogP contribution in [0, 0.1) is 33.6 Å². The van der Waals surface area contributed by atoms with Gasteiger partial charge < -0.3 is 10.6 Å². The van der Waals surface area contributed by atoms with Gasteiger partial charge in [0.2, 0.25) is 21.8 Å². The van der Waals surface area contributed by atoms with Crippen molar-refractivity contribution in [2.75, 3.05) is 19.6 Å². The Morgan fingerprint density at radius 1 is 0.939 bits per heavy atom. The Morgan fingerprint density at radius 2 is 1.52 bits per heavy atom. The van der Waals surface area contributed by atoms with E-state index in [1.54, 1.807) is 0 Å². The molecule has 2 N–H and O–H groups in total. The molecular formula is C25H33N3O4S. The highest BCUT2D eigenvalue weighted by Crippen LogP contribution is 2.31. The number of carbonyl (C=O) groups excluding carboxylic acids is 2. The minimum absolute atomic E-state index is 0.0921. The predicted octanol–water partition coefficient (Wildman–Crippen LogP) is 2.75. The first-order valence-corrected chi connectivity index (χ1v) is 12.7. The van der Waals surface area contributed by atoms with Gasteiger partial charge in [-0.25, -0.2) is 8.42 Å². The van der Waals surface area contributed by atoms with Crippen LogP contribution in [-0.2, 0) is 26.2 Å². The number of rotatable bonds is 7. The smallest absolute Gasteiger partial charge is 0.243 e. The standard InChI is InChI=1S/C25H33N3O4S/c1-17-14-18(2)20(4)24(19(17)3)33(31,32)28-12-10-22(11-13-28)25(30)27-16-23(29)26-15-21-8-6-5-7-9-21/h5-9,14,22H,10-13,15-16H2,1-4H3,(H,26,29)(H,27,30). The van der Waals surface area contributed by atoms with E-state index in [-0.39, 0.29) is 37.4 Å². The highest BCUT2D eigenvalue weighted by atomic mass is 32.2. The number of sulfonamides is 1. The quantitative estimate of drug-likeness (QED) is 0.649. The summed E-state index contributed by atoms with van der Waals surface area (Å²) in [6.45, 7) is 8.42.